The molecule has 230 valence electrons. The second kappa shape index (κ2) is 11.2. The van der Waals surface area contributed by atoms with Crippen molar-refractivity contribution >= 4 is 65.4 Å². The average molecular weight is 625 g/mol. The minimum atomic E-state index is 0.918. The molecular formula is C48H32O. The maximum absolute atomic E-state index is 6.55. The van der Waals surface area contributed by atoms with Gasteiger partial charge in [0.1, 0.15) is 11.2 Å². The molecule has 0 aliphatic heterocycles. The van der Waals surface area contributed by atoms with Gasteiger partial charge in [0.15, 0.2) is 0 Å². The molecule has 1 aromatic heterocycles. The van der Waals surface area contributed by atoms with Gasteiger partial charge < -0.3 is 4.42 Å². The van der Waals surface area contributed by atoms with Gasteiger partial charge in [-0.1, -0.05) is 152 Å². The van der Waals surface area contributed by atoms with Gasteiger partial charge in [-0.2, -0.15) is 0 Å². The maximum atomic E-state index is 6.55. The van der Waals surface area contributed by atoms with Gasteiger partial charge in [-0.05, 0) is 102 Å². The number of rotatable bonds is 4. The van der Waals surface area contributed by atoms with Crippen molar-refractivity contribution in [3.05, 3.63) is 181 Å². The Bertz CT molecular complexity index is 2750. The molecular weight excluding hydrogens is 593 g/mol. The molecule has 0 amide bonds. The second-order valence-electron chi connectivity index (χ2n) is 13.1. The van der Waals surface area contributed by atoms with Crippen LogP contribution in [-0.2, 0) is 0 Å². The van der Waals surface area contributed by atoms with E-state index in [1.54, 1.807) is 0 Å². The number of furan rings is 1. The van der Waals surface area contributed by atoms with Gasteiger partial charge in [-0.25, -0.2) is 0 Å². The smallest absolute Gasteiger partial charge is 0.143 e. The van der Waals surface area contributed by atoms with Crippen LogP contribution in [0.4, 0.5) is 0 Å². The van der Waals surface area contributed by atoms with Gasteiger partial charge in [-0.15, -0.1) is 0 Å². The Morgan fingerprint density at radius 1 is 0.388 bits per heavy atom. The predicted octanol–water partition coefficient (Wildman–Crippen LogP) is 13.6. The Morgan fingerprint density at radius 3 is 1.65 bits per heavy atom. The van der Waals surface area contributed by atoms with E-state index in [0.29, 0.717) is 0 Å². The largest absolute Gasteiger partial charge is 0.455 e. The third-order valence-corrected chi connectivity index (χ3v) is 10.4. The molecule has 0 N–H and O–H groups in total. The number of hydrogen-bond acceptors (Lipinski definition) is 1. The summed E-state index contributed by atoms with van der Waals surface area (Å²) in [5.74, 6) is 0. The van der Waals surface area contributed by atoms with E-state index in [0.717, 1.165) is 34.8 Å². The van der Waals surface area contributed by atoms with Gasteiger partial charge in [0.2, 0.25) is 0 Å². The number of fused-ring (bicyclic) bond motifs is 7. The number of hydrogen-bond donors (Lipinski definition) is 0. The highest BCUT2D eigenvalue weighted by Crippen LogP contribution is 2.46. The first-order chi connectivity index (χ1) is 24.3. The summed E-state index contributed by atoms with van der Waals surface area (Å²) in [7, 11) is 0. The highest BCUT2D eigenvalue weighted by atomic mass is 16.3. The van der Waals surface area contributed by atoms with Crippen molar-refractivity contribution < 1.29 is 4.42 Å². The molecule has 0 bridgehead atoms. The molecule has 9 aromatic rings. The first kappa shape index (κ1) is 27.9. The molecule has 1 nitrogen and oxygen atoms in total. The Hall–Kier alpha value is -6.18. The standard InChI is InChI=1S/C48H32O/c1-2-13-31(14-3-1)32-25-27-33(28-26-32)45-38-19-6-8-21-40(38)46(41-22-9-7-20-39(41)45)36-17-12-16-34(29-36)43-30-35-15-4-5-18-37(35)48-47(43)42-23-10-11-24-44(42)49-48/h1-25,27,29-30H,26,28H2. The summed E-state index contributed by atoms with van der Waals surface area (Å²) >= 11 is 0. The van der Waals surface area contributed by atoms with E-state index in [9.17, 15) is 0 Å². The molecule has 1 aliphatic carbocycles. The van der Waals surface area contributed by atoms with Crippen molar-refractivity contribution in [3.63, 3.8) is 0 Å². The van der Waals surface area contributed by atoms with Crippen molar-refractivity contribution in [3.8, 4) is 22.3 Å². The molecule has 0 spiro atoms. The Kier molecular flexibility index (Phi) is 6.38. The normalized spacial score (nSPS) is 13.4. The third-order valence-electron chi connectivity index (χ3n) is 10.4. The monoisotopic (exact) mass is 624 g/mol. The molecule has 1 heteroatoms. The second-order valence-corrected chi connectivity index (χ2v) is 13.1. The van der Waals surface area contributed by atoms with Crippen LogP contribution in [-0.4, -0.2) is 0 Å². The summed E-state index contributed by atoms with van der Waals surface area (Å²) in [6.45, 7) is 0. The van der Waals surface area contributed by atoms with E-state index >= 15 is 0 Å². The molecule has 0 fully saturated rings. The highest BCUT2D eigenvalue weighted by Gasteiger charge is 2.21. The van der Waals surface area contributed by atoms with E-state index < -0.39 is 0 Å². The fourth-order valence-corrected chi connectivity index (χ4v) is 8.15. The topological polar surface area (TPSA) is 13.1 Å². The van der Waals surface area contributed by atoms with E-state index in [1.807, 2.05) is 0 Å². The highest BCUT2D eigenvalue weighted by molar-refractivity contribution is 6.22. The van der Waals surface area contributed by atoms with Crippen LogP contribution in [0.2, 0.25) is 0 Å². The lowest BCUT2D eigenvalue weighted by Gasteiger charge is -2.22. The summed E-state index contributed by atoms with van der Waals surface area (Å²) in [4.78, 5) is 0. The summed E-state index contributed by atoms with van der Waals surface area (Å²) in [6, 6.07) is 57.2. The molecule has 0 saturated heterocycles. The fraction of sp³-hybridized carbons (Fsp3) is 0.0417. The molecule has 0 saturated carbocycles. The minimum Gasteiger partial charge on any atom is -0.455 e. The summed E-state index contributed by atoms with van der Waals surface area (Å²) in [5, 5.41) is 9.81. The zero-order chi connectivity index (χ0) is 32.3. The molecule has 1 aliphatic rings. The van der Waals surface area contributed by atoms with Crippen LogP contribution in [0.1, 0.15) is 24.0 Å². The SMILES string of the molecule is C1=C(c2ccccc2)CCC(c2c3ccccc3c(-c3cccc(-c4cc5ccccc5c5oc6ccccc6c45)c3)c3ccccc23)=C1. The van der Waals surface area contributed by atoms with E-state index in [4.69, 9.17) is 4.42 Å². The van der Waals surface area contributed by atoms with Crippen LogP contribution in [0, 0.1) is 0 Å². The Morgan fingerprint density at radius 2 is 0.939 bits per heavy atom. The van der Waals surface area contributed by atoms with Crippen LogP contribution in [0.25, 0.3) is 87.7 Å². The van der Waals surface area contributed by atoms with Crippen LogP contribution in [0.5, 0.6) is 0 Å². The van der Waals surface area contributed by atoms with Crippen molar-refractivity contribution in [2.75, 3.05) is 0 Å². The zero-order valence-corrected chi connectivity index (χ0v) is 27.0. The minimum absolute atomic E-state index is 0.918. The van der Waals surface area contributed by atoms with Crippen molar-refractivity contribution in [1.82, 2.24) is 0 Å². The molecule has 0 unspecified atom stereocenters. The molecule has 8 aromatic carbocycles. The van der Waals surface area contributed by atoms with Crippen molar-refractivity contribution in [1.29, 1.82) is 0 Å². The quantitative estimate of drug-likeness (QED) is 0.178. The van der Waals surface area contributed by atoms with Crippen molar-refractivity contribution in [2.24, 2.45) is 0 Å². The van der Waals surface area contributed by atoms with E-state index in [2.05, 4.69) is 170 Å². The maximum Gasteiger partial charge on any atom is 0.143 e. The molecule has 49 heavy (non-hydrogen) atoms. The zero-order valence-electron chi connectivity index (χ0n) is 27.0. The van der Waals surface area contributed by atoms with Gasteiger partial charge in [0.25, 0.3) is 0 Å². The summed E-state index contributed by atoms with van der Waals surface area (Å²) in [6.07, 6.45) is 6.74. The van der Waals surface area contributed by atoms with E-state index in [1.165, 1.54) is 76.8 Å². The predicted molar refractivity (Wildman–Crippen MR) is 209 cm³/mol. The molecule has 0 radical (unpaired) electrons. The van der Waals surface area contributed by atoms with Crippen LogP contribution in [0.3, 0.4) is 0 Å². The van der Waals surface area contributed by atoms with Gasteiger partial charge in [0.05, 0.1) is 0 Å². The lowest BCUT2D eigenvalue weighted by molar-refractivity contribution is 0.673. The summed E-state index contributed by atoms with van der Waals surface area (Å²) < 4.78 is 6.55. The molecule has 0 atom stereocenters. The van der Waals surface area contributed by atoms with Crippen LogP contribution >= 0.6 is 0 Å². The number of allylic oxidation sites excluding steroid dienone is 4. The van der Waals surface area contributed by atoms with Gasteiger partial charge in [-0.3, -0.25) is 0 Å². The third kappa shape index (κ3) is 4.47. The summed E-state index contributed by atoms with van der Waals surface area (Å²) in [5.41, 5.74) is 12.2. The fourth-order valence-electron chi connectivity index (χ4n) is 8.15. The van der Waals surface area contributed by atoms with Gasteiger partial charge >= 0.3 is 0 Å². The number of benzene rings is 8. The van der Waals surface area contributed by atoms with E-state index in [-0.39, 0.29) is 0 Å². The van der Waals surface area contributed by atoms with Crippen LogP contribution < -0.4 is 0 Å². The average Bonchev–Trinajstić information content (AvgIpc) is 3.57. The first-order valence-corrected chi connectivity index (χ1v) is 17.1. The molecule has 1 heterocycles. The van der Waals surface area contributed by atoms with Gasteiger partial charge in [0, 0.05) is 16.2 Å². The Balaban J connectivity index is 1.20. The lowest BCUT2D eigenvalue weighted by Crippen LogP contribution is -1.97. The number of para-hydroxylation sites is 1. The van der Waals surface area contributed by atoms with Crippen molar-refractivity contribution in [2.45, 2.75) is 12.8 Å². The Labute approximate surface area is 285 Å². The molecule has 10 rings (SSSR count). The van der Waals surface area contributed by atoms with Crippen LogP contribution in [0.15, 0.2) is 174 Å². The lowest BCUT2D eigenvalue weighted by atomic mass is 9.82. The first-order valence-electron chi connectivity index (χ1n) is 17.1.